The topological polar surface area (TPSA) is 70.1 Å². The number of nitrogens with zero attached hydrogens (tertiary/aromatic N) is 2. The first-order valence-electron chi connectivity index (χ1n) is 9.71. The predicted molar refractivity (Wildman–Crippen MR) is 116 cm³/mol. The Balaban J connectivity index is 1.98. The van der Waals surface area contributed by atoms with Crippen molar-refractivity contribution in [1.29, 1.82) is 5.26 Å². The molecule has 164 valence electrons. The molecule has 0 fully saturated rings. The molecule has 0 aromatic heterocycles. The number of ketones is 1. The Labute approximate surface area is 192 Å². The predicted octanol–water partition coefficient (Wildman–Crippen LogP) is 6.32. The number of halogens is 5. The van der Waals surface area contributed by atoms with E-state index in [1.807, 2.05) is 0 Å². The molecule has 2 aromatic rings. The van der Waals surface area contributed by atoms with Crippen LogP contribution in [-0.2, 0) is 11.0 Å². The van der Waals surface area contributed by atoms with Gasteiger partial charge < -0.3 is 5.73 Å². The number of benzene rings is 2. The van der Waals surface area contributed by atoms with E-state index in [9.17, 15) is 23.2 Å². The number of alkyl halides is 3. The van der Waals surface area contributed by atoms with E-state index in [0.717, 1.165) is 18.2 Å². The maximum atomic E-state index is 13.4. The SMILES string of the molecule is N#CC1=C(N)N(c2cc(C(F)(F)F)ccc2Cl)C2=C(C(=O)CCC2)C1c1ccc(Cl)cc1. The number of nitrogens with two attached hydrogens (primary N) is 1. The minimum absolute atomic E-state index is 0.0213. The summed E-state index contributed by atoms with van der Waals surface area (Å²) in [6, 6.07) is 11.7. The highest BCUT2D eigenvalue weighted by molar-refractivity contribution is 6.33. The van der Waals surface area contributed by atoms with Gasteiger partial charge in [-0.05, 0) is 48.7 Å². The first-order chi connectivity index (χ1) is 15.1. The highest BCUT2D eigenvalue weighted by atomic mass is 35.5. The molecular weight excluding hydrogens is 462 g/mol. The maximum Gasteiger partial charge on any atom is 0.416 e. The fourth-order valence-corrected chi connectivity index (χ4v) is 4.54. The molecule has 1 heterocycles. The first kappa shape index (κ1) is 22.3. The van der Waals surface area contributed by atoms with Crippen LogP contribution in [0.15, 0.2) is 65.1 Å². The smallest absolute Gasteiger partial charge is 0.384 e. The molecule has 0 radical (unpaired) electrons. The highest BCUT2D eigenvalue weighted by Crippen LogP contribution is 2.48. The van der Waals surface area contributed by atoms with Crippen LogP contribution in [0.4, 0.5) is 18.9 Å². The molecule has 2 N–H and O–H groups in total. The van der Waals surface area contributed by atoms with Gasteiger partial charge in [0.25, 0.3) is 0 Å². The van der Waals surface area contributed by atoms with Crippen molar-refractivity contribution < 1.29 is 18.0 Å². The summed E-state index contributed by atoms with van der Waals surface area (Å²) < 4.78 is 40.2. The minimum atomic E-state index is -4.60. The lowest BCUT2D eigenvalue weighted by Crippen LogP contribution is -2.39. The summed E-state index contributed by atoms with van der Waals surface area (Å²) in [4.78, 5) is 14.4. The standard InChI is InChI=1S/C23H16Cl2F3N3O/c24-14-7-4-12(5-8-14)20-15(11-29)22(30)31(17-2-1-3-19(32)21(17)20)18-10-13(23(26,27)28)6-9-16(18)25/h4-10,20H,1-3,30H2. The summed E-state index contributed by atoms with van der Waals surface area (Å²) in [6.07, 6.45) is -3.42. The van der Waals surface area contributed by atoms with Crippen molar-refractivity contribution in [3.05, 3.63) is 86.3 Å². The molecular formula is C23H16Cl2F3N3O. The largest absolute Gasteiger partial charge is 0.416 e. The third kappa shape index (κ3) is 3.74. The molecule has 32 heavy (non-hydrogen) atoms. The lowest BCUT2D eigenvalue weighted by Gasteiger charge is -2.40. The van der Waals surface area contributed by atoms with Crippen LogP contribution in [0.25, 0.3) is 0 Å². The Bertz CT molecular complexity index is 1210. The van der Waals surface area contributed by atoms with Crippen LogP contribution in [0.2, 0.25) is 10.0 Å². The number of carbonyl (C=O) groups is 1. The number of rotatable bonds is 2. The van der Waals surface area contributed by atoms with Gasteiger partial charge in [0.1, 0.15) is 5.82 Å². The van der Waals surface area contributed by atoms with E-state index in [0.29, 0.717) is 34.7 Å². The minimum Gasteiger partial charge on any atom is -0.384 e. The molecule has 0 saturated heterocycles. The van der Waals surface area contributed by atoms with Crippen molar-refractivity contribution in [3.8, 4) is 6.07 Å². The molecule has 0 saturated carbocycles. The summed E-state index contributed by atoms with van der Waals surface area (Å²) in [5.74, 6) is -0.970. The Hall–Kier alpha value is -2.95. The van der Waals surface area contributed by atoms with Crippen LogP contribution >= 0.6 is 23.2 Å². The van der Waals surface area contributed by atoms with Crippen LogP contribution < -0.4 is 10.6 Å². The van der Waals surface area contributed by atoms with E-state index >= 15 is 0 Å². The fraction of sp³-hybridized carbons (Fsp3) is 0.217. The van der Waals surface area contributed by atoms with E-state index in [4.69, 9.17) is 28.9 Å². The first-order valence-corrected chi connectivity index (χ1v) is 10.5. The number of hydrogen-bond acceptors (Lipinski definition) is 4. The van der Waals surface area contributed by atoms with E-state index in [1.165, 1.54) is 4.90 Å². The number of carbonyl (C=O) groups excluding carboxylic acids is 1. The Morgan fingerprint density at radius 1 is 1.09 bits per heavy atom. The van der Waals surface area contributed by atoms with Gasteiger partial charge in [0.05, 0.1) is 33.8 Å². The lowest BCUT2D eigenvalue weighted by atomic mass is 9.75. The Kier molecular flexibility index (Phi) is 5.70. The highest BCUT2D eigenvalue weighted by Gasteiger charge is 2.41. The molecule has 2 aliphatic rings. The second kappa shape index (κ2) is 8.19. The maximum absolute atomic E-state index is 13.4. The van der Waals surface area contributed by atoms with Crippen LogP contribution in [0.5, 0.6) is 0 Å². The number of nitriles is 1. The summed E-state index contributed by atoms with van der Waals surface area (Å²) in [5, 5.41) is 10.5. The van der Waals surface area contributed by atoms with Gasteiger partial charge in [-0.25, -0.2) is 0 Å². The monoisotopic (exact) mass is 477 g/mol. The van der Waals surface area contributed by atoms with Crippen molar-refractivity contribution in [2.75, 3.05) is 4.90 Å². The van der Waals surface area contributed by atoms with E-state index in [-0.39, 0.29) is 34.3 Å². The van der Waals surface area contributed by atoms with Crippen molar-refractivity contribution in [2.24, 2.45) is 5.73 Å². The van der Waals surface area contributed by atoms with E-state index < -0.39 is 17.7 Å². The molecule has 0 amide bonds. The second-order valence-electron chi connectivity index (χ2n) is 7.53. The van der Waals surface area contributed by atoms with Crippen LogP contribution in [-0.4, -0.2) is 5.78 Å². The second-order valence-corrected chi connectivity index (χ2v) is 8.38. The zero-order chi connectivity index (χ0) is 23.2. The molecule has 1 aliphatic heterocycles. The quantitative estimate of drug-likeness (QED) is 0.549. The van der Waals surface area contributed by atoms with Crippen LogP contribution in [0, 0.1) is 11.3 Å². The van der Waals surface area contributed by atoms with Gasteiger partial charge in [0.15, 0.2) is 5.78 Å². The van der Waals surface area contributed by atoms with Crippen molar-refractivity contribution in [3.63, 3.8) is 0 Å². The lowest BCUT2D eigenvalue weighted by molar-refractivity contribution is -0.137. The van der Waals surface area contributed by atoms with Crippen molar-refractivity contribution in [1.82, 2.24) is 0 Å². The van der Waals surface area contributed by atoms with Gasteiger partial charge in [-0.1, -0.05) is 35.3 Å². The third-order valence-corrected chi connectivity index (χ3v) is 6.20. The fourth-order valence-electron chi connectivity index (χ4n) is 4.21. The van der Waals surface area contributed by atoms with Gasteiger partial charge >= 0.3 is 6.18 Å². The molecule has 1 atom stereocenters. The van der Waals surface area contributed by atoms with E-state index in [2.05, 4.69) is 6.07 Å². The number of allylic oxidation sites excluding steroid dienone is 3. The molecule has 1 aliphatic carbocycles. The van der Waals surface area contributed by atoms with Gasteiger partial charge in [-0.15, -0.1) is 0 Å². The number of hydrogen-bond donors (Lipinski definition) is 1. The van der Waals surface area contributed by atoms with Crippen LogP contribution in [0.1, 0.15) is 36.3 Å². The molecule has 4 rings (SSSR count). The van der Waals surface area contributed by atoms with E-state index in [1.54, 1.807) is 24.3 Å². The van der Waals surface area contributed by atoms with Gasteiger partial charge in [-0.2, -0.15) is 18.4 Å². The average molecular weight is 478 g/mol. The van der Waals surface area contributed by atoms with Crippen molar-refractivity contribution >= 4 is 34.7 Å². The zero-order valence-electron chi connectivity index (χ0n) is 16.5. The summed E-state index contributed by atoms with van der Waals surface area (Å²) >= 11 is 12.3. The van der Waals surface area contributed by atoms with Gasteiger partial charge in [0.2, 0.25) is 0 Å². The van der Waals surface area contributed by atoms with Crippen LogP contribution in [0.3, 0.4) is 0 Å². The molecule has 9 heteroatoms. The molecule has 4 nitrogen and oxygen atoms in total. The third-order valence-electron chi connectivity index (χ3n) is 5.63. The normalized spacial score (nSPS) is 19.2. The number of anilines is 1. The summed E-state index contributed by atoms with van der Waals surface area (Å²) in [6.45, 7) is 0. The molecule has 2 aromatic carbocycles. The summed E-state index contributed by atoms with van der Waals surface area (Å²) in [7, 11) is 0. The molecule has 1 unspecified atom stereocenters. The zero-order valence-corrected chi connectivity index (χ0v) is 18.0. The Morgan fingerprint density at radius 3 is 2.41 bits per heavy atom. The van der Waals surface area contributed by atoms with Gasteiger partial charge in [-0.3, -0.25) is 9.69 Å². The number of Topliss-reactive ketones (excluding diaryl/α,β-unsaturated/α-hetero) is 1. The Morgan fingerprint density at radius 2 is 1.78 bits per heavy atom. The van der Waals surface area contributed by atoms with Gasteiger partial charge in [0, 0.05) is 22.7 Å². The molecule has 0 bridgehead atoms. The average Bonchev–Trinajstić information content (AvgIpc) is 2.74. The summed E-state index contributed by atoms with van der Waals surface area (Å²) in [5.41, 5.74) is 6.95. The van der Waals surface area contributed by atoms with Crippen molar-refractivity contribution in [2.45, 2.75) is 31.4 Å². The molecule has 0 spiro atoms.